The third kappa shape index (κ3) is 1.46. The van der Waals surface area contributed by atoms with E-state index >= 15 is 0 Å². The summed E-state index contributed by atoms with van der Waals surface area (Å²) in [5.41, 5.74) is 1.06. The summed E-state index contributed by atoms with van der Waals surface area (Å²) >= 11 is 0. The summed E-state index contributed by atoms with van der Waals surface area (Å²) in [4.78, 5) is 10.9. The molecule has 0 atom stereocenters. The molecule has 0 bridgehead atoms. The first-order valence-corrected chi connectivity index (χ1v) is 3.67. The quantitative estimate of drug-likeness (QED) is 0.641. The van der Waals surface area contributed by atoms with Crippen molar-refractivity contribution in [3.05, 3.63) is 28.8 Å². The van der Waals surface area contributed by atoms with Gasteiger partial charge in [0.2, 0.25) is 0 Å². The summed E-state index contributed by atoms with van der Waals surface area (Å²) in [6.07, 6.45) is 3.25. The van der Waals surface area contributed by atoms with Crippen LogP contribution in [0, 0.1) is 0 Å². The molecule has 0 radical (unpaired) electrons. The van der Waals surface area contributed by atoms with Gasteiger partial charge in [-0.15, -0.1) is 5.10 Å². The second-order valence-electron chi connectivity index (χ2n) is 2.61. The van der Waals surface area contributed by atoms with E-state index in [0.29, 0.717) is 11.3 Å². The number of nitrogens with zero attached hydrogens (tertiary/aromatic N) is 4. The van der Waals surface area contributed by atoms with Crippen LogP contribution in [0.5, 0.6) is 0 Å². The Labute approximate surface area is 73.2 Å². The lowest BCUT2D eigenvalue weighted by atomic mass is 10.2. The Kier molecular flexibility index (Phi) is 1.66. The van der Waals surface area contributed by atoms with Gasteiger partial charge in [0.25, 0.3) is 5.56 Å². The fraction of sp³-hybridized carbons (Fsp3) is 0.143. The van der Waals surface area contributed by atoms with Crippen molar-refractivity contribution in [2.24, 2.45) is 7.05 Å². The Hall–Kier alpha value is -1.98. The van der Waals surface area contributed by atoms with E-state index in [9.17, 15) is 4.79 Å². The van der Waals surface area contributed by atoms with Gasteiger partial charge in [0.15, 0.2) is 0 Å². The Bertz CT molecular complexity index is 471. The Morgan fingerprint density at radius 3 is 3.00 bits per heavy atom. The van der Waals surface area contributed by atoms with Crippen LogP contribution in [-0.2, 0) is 7.05 Å². The molecule has 0 amide bonds. The number of aromatic nitrogens is 5. The van der Waals surface area contributed by atoms with Gasteiger partial charge in [-0.05, 0) is 0 Å². The van der Waals surface area contributed by atoms with Gasteiger partial charge in [-0.1, -0.05) is 5.21 Å². The molecule has 2 heterocycles. The van der Waals surface area contributed by atoms with E-state index in [4.69, 9.17) is 0 Å². The van der Waals surface area contributed by atoms with Gasteiger partial charge in [0.05, 0.1) is 12.4 Å². The van der Waals surface area contributed by atoms with E-state index in [0.717, 1.165) is 0 Å². The van der Waals surface area contributed by atoms with Crippen LogP contribution in [0.15, 0.2) is 23.3 Å². The van der Waals surface area contributed by atoms with E-state index < -0.39 is 0 Å². The number of H-pyrrole nitrogens is 1. The molecule has 0 unspecified atom stereocenters. The van der Waals surface area contributed by atoms with Crippen LogP contribution in [0.2, 0.25) is 0 Å². The maximum atomic E-state index is 10.9. The fourth-order valence-corrected chi connectivity index (χ4v) is 0.996. The topological polar surface area (TPSA) is 76.5 Å². The summed E-state index contributed by atoms with van der Waals surface area (Å²) in [6, 6.07) is 1.43. The molecule has 0 aromatic carbocycles. The van der Waals surface area contributed by atoms with Crippen LogP contribution < -0.4 is 5.56 Å². The highest BCUT2D eigenvalue weighted by atomic mass is 16.1. The van der Waals surface area contributed by atoms with Crippen LogP contribution in [0.1, 0.15) is 0 Å². The smallest absolute Gasteiger partial charge is 0.264 e. The first-order chi connectivity index (χ1) is 6.25. The first kappa shape index (κ1) is 7.66. The molecule has 0 saturated heterocycles. The molecule has 2 aromatic heterocycles. The number of nitrogens with one attached hydrogen (secondary N) is 1. The molecule has 1 N–H and O–H groups in total. The third-order valence-electron chi connectivity index (χ3n) is 1.56. The summed E-state index contributed by atoms with van der Waals surface area (Å²) in [6.45, 7) is 0. The monoisotopic (exact) mass is 177 g/mol. The zero-order valence-corrected chi connectivity index (χ0v) is 6.93. The lowest BCUT2D eigenvalue weighted by Gasteiger charge is -1.90. The van der Waals surface area contributed by atoms with E-state index in [1.165, 1.54) is 12.3 Å². The molecule has 0 saturated carbocycles. The summed E-state index contributed by atoms with van der Waals surface area (Å²) in [7, 11) is 1.76. The van der Waals surface area contributed by atoms with Crippen LogP contribution in [0.4, 0.5) is 0 Å². The van der Waals surface area contributed by atoms with Crippen LogP contribution in [0.25, 0.3) is 11.3 Å². The van der Waals surface area contributed by atoms with E-state index in [1.807, 2.05) is 0 Å². The van der Waals surface area contributed by atoms with Crippen molar-refractivity contribution in [1.82, 2.24) is 25.2 Å². The minimum Gasteiger partial charge on any atom is -0.268 e. The molecular weight excluding hydrogens is 170 g/mol. The van der Waals surface area contributed by atoms with Crippen molar-refractivity contribution in [2.45, 2.75) is 0 Å². The molecule has 0 aliphatic heterocycles. The highest BCUT2D eigenvalue weighted by Gasteiger charge is 2.02. The van der Waals surface area contributed by atoms with Gasteiger partial charge in [0, 0.05) is 18.7 Å². The van der Waals surface area contributed by atoms with Crippen LogP contribution >= 0.6 is 0 Å². The van der Waals surface area contributed by atoms with E-state index in [-0.39, 0.29) is 5.56 Å². The number of rotatable bonds is 1. The van der Waals surface area contributed by atoms with Crippen LogP contribution in [0.3, 0.4) is 0 Å². The molecule has 2 aromatic rings. The summed E-state index contributed by atoms with van der Waals surface area (Å²) in [5.74, 6) is 0. The SMILES string of the molecule is Cn1cc(-c2cn[nH]c(=O)c2)nn1. The third-order valence-corrected chi connectivity index (χ3v) is 1.56. The zero-order valence-electron chi connectivity index (χ0n) is 6.93. The van der Waals surface area contributed by atoms with Gasteiger partial charge in [0.1, 0.15) is 5.69 Å². The molecule has 0 spiro atoms. The maximum Gasteiger partial charge on any atom is 0.264 e. The number of hydrogen-bond donors (Lipinski definition) is 1. The van der Waals surface area contributed by atoms with Gasteiger partial charge in [-0.2, -0.15) is 5.10 Å². The molecular formula is C7H7N5O. The molecule has 6 heteroatoms. The highest BCUT2D eigenvalue weighted by molar-refractivity contribution is 5.55. The lowest BCUT2D eigenvalue weighted by Crippen LogP contribution is -2.05. The van der Waals surface area contributed by atoms with Crippen molar-refractivity contribution < 1.29 is 0 Å². The molecule has 0 fully saturated rings. The lowest BCUT2D eigenvalue weighted by molar-refractivity contribution is 0.715. The molecule has 0 aliphatic carbocycles. The average Bonchev–Trinajstić information content (AvgIpc) is 2.52. The molecule has 6 nitrogen and oxygen atoms in total. The van der Waals surface area contributed by atoms with Gasteiger partial charge >= 0.3 is 0 Å². The van der Waals surface area contributed by atoms with Gasteiger partial charge < -0.3 is 0 Å². The summed E-state index contributed by atoms with van der Waals surface area (Å²) in [5, 5.41) is 13.5. The van der Waals surface area contributed by atoms with Crippen molar-refractivity contribution in [1.29, 1.82) is 0 Å². The van der Waals surface area contributed by atoms with Gasteiger partial charge in [-0.3, -0.25) is 9.48 Å². The number of hydrogen-bond acceptors (Lipinski definition) is 4. The zero-order chi connectivity index (χ0) is 9.26. The molecule has 0 aliphatic rings. The minimum atomic E-state index is -0.247. The Morgan fingerprint density at radius 2 is 2.38 bits per heavy atom. The second-order valence-corrected chi connectivity index (χ2v) is 2.61. The molecule has 13 heavy (non-hydrogen) atoms. The molecule has 2 rings (SSSR count). The highest BCUT2D eigenvalue weighted by Crippen LogP contribution is 2.10. The second kappa shape index (κ2) is 2.81. The largest absolute Gasteiger partial charge is 0.268 e. The van der Waals surface area contributed by atoms with Crippen molar-refractivity contribution in [3.8, 4) is 11.3 Å². The minimum absolute atomic E-state index is 0.247. The first-order valence-electron chi connectivity index (χ1n) is 3.67. The van der Waals surface area contributed by atoms with Crippen molar-refractivity contribution in [2.75, 3.05) is 0 Å². The molecule has 66 valence electrons. The van der Waals surface area contributed by atoms with E-state index in [2.05, 4.69) is 20.5 Å². The fourth-order valence-electron chi connectivity index (χ4n) is 0.996. The maximum absolute atomic E-state index is 10.9. The number of aromatic amines is 1. The normalized spacial score (nSPS) is 10.2. The van der Waals surface area contributed by atoms with Gasteiger partial charge in [-0.25, -0.2) is 5.10 Å². The Morgan fingerprint density at radius 1 is 1.54 bits per heavy atom. The van der Waals surface area contributed by atoms with Crippen LogP contribution in [-0.4, -0.2) is 25.2 Å². The predicted octanol–water partition coefficient (Wildman–Crippen LogP) is -0.435. The number of aryl methyl sites for hydroxylation is 1. The predicted molar refractivity (Wildman–Crippen MR) is 44.9 cm³/mol. The van der Waals surface area contributed by atoms with Crippen molar-refractivity contribution in [3.63, 3.8) is 0 Å². The standard InChI is InChI=1S/C7H7N5O/c1-12-4-6(9-11-12)5-2-7(13)10-8-3-5/h2-4H,1H3,(H,10,13). The average molecular weight is 177 g/mol. The summed E-state index contributed by atoms with van der Waals surface area (Å²) < 4.78 is 1.57. The Balaban J connectivity index is 2.52. The van der Waals surface area contributed by atoms with E-state index in [1.54, 1.807) is 17.9 Å². The van der Waals surface area contributed by atoms with Crippen molar-refractivity contribution >= 4 is 0 Å².